The lowest BCUT2D eigenvalue weighted by molar-refractivity contribution is -0.151. The molecule has 20 heavy (non-hydrogen) atoms. The molecular formula is C16H28N2O2. The molecule has 1 atom stereocenters. The first kappa shape index (κ1) is 15.3. The first-order valence-corrected chi connectivity index (χ1v) is 7.74. The topological polar surface area (TPSA) is 49.4 Å². The number of carbonyl (C=O) groups excluding carboxylic acids is 2. The Morgan fingerprint density at radius 1 is 1.15 bits per heavy atom. The quantitative estimate of drug-likeness (QED) is 0.844. The second-order valence-corrected chi connectivity index (χ2v) is 8.01. The molecule has 1 saturated carbocycles. The summed E-state index contributed by atoms with van der Waals surface area (Å²) in [4.78, 5) is 26.3. The van der Waals surface area contributed by atoms with Crippen molar-refractivity contribution in [2.45, 2.75) is 72.4 Å². The summed E-state index contributed by atoms with van der Waals surface area (Å²) in [6, 6.07) is -0.0943. The summed E-state index contributed by atoms with van der Waals surface area (Å²) in [6.07, 6.45) is 3.84. The highest BCUT2D eigenvalue weighted by Crippen LogP contribution is 2.47. The van der Waals surface area contributed by atoms with E-state index in [0.29, 0.717) is 6.42 Å². The Balaban J connectivity index is 2.27. The number of carbonyl (C=O) groups is 2. The Labute approximate surface area is 122 Å². The van der Waals surface area contributed by atoms with Crippen molar-refractivity contribution in [2.75, 3.05) is 6.54 Å². The predicted octanol–water partition coefficient (Wildman–Crippen LogP) is 2.33. The van der Waals surface area contributed by atoms with E-state index in [2.05, 4.69) is 33.0 Å². The Morgan fingerprint density at radius 3 is 2.20 bits per heavy atom. The van der Waals surface area contributed by atoms with Gasteiger partial charge in [-0.1, -0.05) is 34.6 Å². The van der Waals surface area contributed by atoms with E-state index in [9.17, 15) is 9.59 Å². The van der Waals surface area contributed by atoms with E-state index in [1.165, 1.54) is 6.42 Å². The molecule has 1 N–H and O–H groups in total. The minimum Gasteiger partial charge on any atom is -0.345 e. The first-order valence-electron chi connectivity index (χ1n) is 7.74. The van der Waals surface area contributed by atoms with Crippen LogP contribution in [0.5, 0.6) is 0 Å². The van der Waals surface area contributed by atoms with E-state index >= 15 is 0 Å². The van der Waals surface area contributed by atoms with Crippen LogP contribution in [0.3, 0.4) is 0 Å². The van der Waals surface area contributed by atoms with Gasteiger partial charge < -0.3 is 10.2 Å². The third kappa shape index (κ3) is 2.99. The fourth-order valence-electron chi connectivity index (χ4n) is 4.50. The molecule has 1 aliphatic heterocycles. The van der Waals surface area contributed by atoms with Crippen molar-refractivity contribution in [3.05, 3.63) is 0 Å². The fraction of sp³-hybridized carbons (Fsp3) is 0.875. The number of hydrogen-bond acceptors (Lipinski definition) is 2. The van der Waals surface area contributed by atoms with Crippen LogP contribution in [0.25, 0.3) is 0 Å². The van der Waals surface area contributed by atoms with Crippen LogP contribution in [0.2, 0.25) is 0 Å². The molecule has 2 amide bonds. The monoisotopic (exact) mass is 280 g/mol. The minimum atomic E-state index is -0.286. The van der Waals surface area contributed by atoms with Gasteiger partial charge in [0.25, 0.3) is 0 Å². The first-order chi connectivity index (χ1) is 9.15. The Kier molecular flexibility index (Phi) is 3.87. The van der Waals surface area contributed by atoms with Crippen molar-refractivity contribution in [3.63, 3.8) is 0 Å². The molecule has 2 fully saturated rings. The summed E-state index contributed by atoms with van der Waals surface area (Å²) in [5.41, 5.74) is 0.442. The molecule has 1 heterocycles. The van der Waals surface area contributed by atoms with Gasteiger partial charge in [0.15, 0.2) is 0 Å². The summed E-state index contributed by atoms with van der Waals surface area (Å²) in [6.45, 7) is 11.2. The van der Waals surface area contributed by atoms with Crippen LogP contribution in [0, 0.1) is 10.8 Å². The fourth-order valence-corrected chi connectivity index (χ4v) is 4.50. The summed E-state index contributed by atoms with van der Waals surface area (Å²) in [7, 11) is 0. The van der Waals surface area contributed by atoms with Crippen molar-refractivity contribution in [3.8, 4) is 0 Å². The van der Waals surface area contributed by atoms with Crippen LogP contribution in [-0.2, 0) is 9.59 Å². The molecule has 1 saturated heterocycles. The highest BCUT2D eigenvalue weighted by atomic mass is 16.2. The van der Waals surface area contributed by atoms with E-state index in [-0.39, 0.29) is 41.3 Å². The SMILES string of the molecule is CCC1C(=O)NCC(=O)N1C1CC(C)(C)CC(C)(C)C1. The van der Waals surface area contributed by atoms with Gasteiger partial charge in [0, 0.05) is 6.04 Å². The third-order valence-electron chi connectivity index (χ3n) is 4.65. The molecule has 2 aliphatic rings. The molecule has 0 spiro atoms. The lowest BCUT2D eigenvalue weighted by Crippen LogP contribution is -2.63. The number of hydrogen-bond donors (Lipinski definition) is 1. The Morgan fingerprint density at radius 2 is 1.70 bits per heavy atom. The minimum absolute atomic E-state index is 0.00767. The summed E-state index contributed by atoms with van der Waals surface area (Å²) >= 11 is 0. The largest absolute Gasteiger partial charge is 0.345 e. The average molecular weight is 280 g/mol. The number of amides is 2. The summed E-state index contributed by atoms with van der Waals surface area (Å²) < 4.78 is 0. The third-order valence-corrected chi connectivity index (χ3v) is 4.65. The normalized spacial score (nSPS) is 30.2. The molecule has 0 aromatic heterocycles. The van der Waals surface area contributed by atoms with Gasteiger partial charge in [-0.05, 0) is 36.5 Å². The predicted molar refractivity (Wildman–Crippen MR) is 79.1 cm³/mol. The highest BCUT2D eigenvalue weighted by molar-refractivity contribution is 5.95. The maximum atomic E-state index is 12.3. The van der Waals surface area contributed by atoms with Crippen LogP contribution in [0.4, 0.5) is 0 Å². The van der Waals surface area contributed by atoms with Gasteiger partial charge >= 0.3 is 0 Å². The van der Waals surface area contributed by atoms with Gasteiger partial charge in [-0.2, -0.15) is 0 Å². The zero-order valence-corrected chi connectivity index (χ0v) is 13.5. The van der Waals surface area contributed by atoms with Gasteiger partial charge in [0.2, 0.25) is 11.8 Å². The van der Waals surface area contributed by atoms with Crippen molar-refractivity contribution < 1.29 is 9.59 Å². The molecule has 0 radical (unpaired) electrons. The zero-order chi connectivity index (χ0) is 15.1. The van der Waals surface area contributed by atoms with E-state index in [1.807, 2.05) is 11.8 Å². The molecule has 2 rings (SSSR count). The van der Waals surface area contributed by atoms with Crippen LogP contribution >= 0.6 is 0 Å². The molecule has 0 aromatic carbocycles. The molecule has 1 unspecified atom stereocenters. The lowest BCUT2D eigenvalue weighted by atomic mass is 9.63. The van der Waals surface area contributed by atoms with Crippen LogP contribution in [-0.4, -0.2) is 35.3 Å². The molecule has 114 valence electrons. The molecule has 0 aromatic rings. The summed E-state index contributed by atoms with van der Waals surface area (Å²) in [5, 5.41) is 2.71. The Hall–Kier alpha value is -1.06. The van der Waals surface area contributed by atoms with Crippen molar-refractivity contribution >= 4 is 11.8 Å². The van der Waals surface area contributed by atoms with Crippen molar-refractivity contribution in [2.24, 2.45) is 10.8 Å². The van der Waals surface area contributed by atoms with Gasteiger partial charge in [0.05, 0.1) is 6.54 Å². The van der Waals surface area contributed by atoms with Gasteiger partial charge in [-0.25, -0.2) is 0 Å². The standard InChI is InChI=1S/C16H28N2O2/c1-6-12-14(20)17-9-13(19)18(12)11-7-15(2,3)10-16(4,5)8-11/h11-12H,6-10H2,1-5H3,(H,17,20). The average Bonchev–Trinajstić information content (AvgIpc) is 2.27. The van der Waals surface area contributed by atoms with Crippen molar-refractivity contribution in [1.82, 2.24) is 10.2 Å². The molecule has 0 bridgehead atoms. The van der Waals surface area contributed by atoms with Crippen LogP contribution < -0.4 is 5.32 Å². The van der Waals surface area contributed by atoms with Crippen LogP contribution in [0.15, 0.2) is 0 Å². The number of nitrogens with one attached hydrogen (secondary N) is 1. The van der Waals surface area contributed by atoms with Gasteiger partial charge in [0.1, 0.15) is 6.04 Å². The zero-order valence-electron chi connectivity index (χ0n) is 13.5. The molecule has 4 heteroatoms. The molecule has 1 aliphatic carbocycles. The van der Waals surface area contributed by atoms with E-state index < -0.39 is 0 Å². The lowest BCUT2D eigenvalue weighted by Gasteiger charge is -2.51. The molecule has 4 nitrogen and oxygen atoms in total. The summed E-state index contributed by atoms with van der Waals surface area (Å²) in [5.74, 6) is 0.0863. The number of piperazine rings is 1. The van der Waals surface area contributed by atoms with Crippen molar-refractivity contribution in [1.29, 1.82) is 0 Å². The number of nitrogens with zero attached hydrogens (tertiary/aromatic N) is 1. The van der Waals surface area contributed by atoms with E-state index in [1.54, 1.807) is 0 Å². The van der Waals surface area contributed by atoms with Gasteiger partial charge in [-0.3, -0.25) is 9.59 Å². The maximum absolute atomic E-state index is 12.3. The van der Waals surface area contributed by atoms with E-state index in [4.69, 9.17) is 0 Å². The van der Waals surface area contributed by atoms with Gasteiger partial charge in [-0.15, -0.1) is 0 Å². The molecular weight excluding hydrogens is 252 g/mol. The van der Waals surface area contributed by atoms with Crippen LogP contribution in [0.1, 0.15) is 60.3 Å². The second-order valence-electron chi connectivity index (χ2n) is 8.01. The second kappa shape index (κ2) is 5.05. The Bertz CT molecular complexity index is 399. The van der Waals surface area contributed by atoms with E-state index in [0.717, 1.165) is 12.8 Å². The highest BCUT2D eigenvalue weighted by Gasteiger charge is 2.45. The smallest absolute Gasteiger partial charge is 0.243 e. The number of rotatable bonds is 2. The maximum Gasteiger partial charge on any atom is 0.243 e.